The Morgan fingerprint density at radius 3 is 2.45 bits per heavy atom. The predicted octanol–water partition coefficient (Wildman–Crippen LogP) is 4.54. The number of aryl methyl sites for hydroxylation is 2. The van der Waals surface area contributed by atoms with Gasteiger partial charge in [0.2, 0.25) is 0 Å². The first-order chi connectivity index (χ1) is 9.40. The van der Waals surface area contributed by atoms with Crippen molar-refractivity contribution in [3.63, 3.8) is 0 Å². The lowest BCUT2D eigenvalue weighted by Crippen LogP contribution is -2.31. The summed E-state index contributed by atoms with van der Waals surface area (Å²) in [5, 5.41) is 9.52. The molecule has 110 valence electrons. The van der Waals surface area contributed by atoms with Crippen molar-refractivity contribution >= 4 is 5.97 Å². The topological polar surface area (TPSA) is 37.3 Å². The summed E-state index contributed by atoms with van der Waals surface area (Å²) in [6.45, 7) is 8.72. The van der Waals surface area contributed by atoms with E-state index >= 15 is 0 Å². The molecule has 0 heterocycles. The van der Waals surface area contributed by atoms with E-state index in [9.17, 15) is 9.90 Å². The number of carbonyl (C=O) groups is 1. The normalized spacial score (nSPS) is 26.8. The molecule has 1 N–H and O–H groups in total. The molecule has 1 fully saturated rings. The van der Waals surface area contributed by atoms with Crippen LogP contribution in [0.5, 0.6) is 0 Å². The minimum atomic E-state index is -0.629. The lowest BCUT2D eigenvalue weighted by atomic mass is 9.68. The Morgan fingerprint density at radius 1 is 1.20 bits per heavy atom. The quantitative estimate of drug-likeness (QED) is 0.878. The van der Waals surface area contributed by atoms with Gasteiger partial charge in [-0.3, -0.25) is 4.79 Å². The van der Waals surface area contributed by atoms with Gasteiger partial charge in [0.1, 0.15) is 0 Å². The van der Waals surface area contributed by atoms with E-state index in [-0.39, 0.29) is 11.8 Å². The highest BCUT2D eigenvalue weighted by atomic mass is 16.4. The SMILES string of the molecule is Cc1ccc(C2CC(C(C)C)CCC2C(=O)O)cc1C. The summed E-state index contributed by atoms with van der Waals surface area (Å²) in [5.74, 6) is 0.617. The number of benzene rings is 1. The largest absolute Gasteiger partial charge is 0.481 e. The minimum Gasteiger partial charge on any atom is -0.481 e. The molecule has 0 aromatic heterocycles. The number of carboxylic acid groups (broad SMARTS) is 1. The second-order valence-electron chi connectivity index (χ2n) is 6.71. The van der Waals surface area contributed by atoms with Gasteiger partial charge in [0, 0.05) is 0 Å². The standard InChI is InChI=1S/C18H26O2/c1-11(2)14-7-8-16(18(19)20)17(10-14)15-6-5-12(3)13(4)9-15/h5-6,9,11,14,16-17H,7-8,10H2,1-4H3,(H,19,20). The molecular formula is C18H26O2. The van der Waals surface area contributed by atoms with E-state index < -0.39 is 5.97 Å². The molecule has 0 radical (unpaired) electrons. The maximum Gasteiger partial charge on any atom is 0.307 e. The summed E-state index contributed by atoms with van der Waals surface area (Å²) in [7, 11) is 0. The third-order valence-electron chi connectivity index (χ3n) is 5.11. The fourth-order valence-electron chi connectivity index (χ4n) is 3.47. The maximum absolute atomic E-state index is 11.6. The number of hydrogen-bond donors (Lipinski definition) is 1. The van der Waals surface area contributed by atoms with Crippen molar-refractivity contribution < 1.29 is 9.90 Å². The molecule has 0 amide bonds. The zero-order chi connectivity index (χ0) is 14.9. The van der Waals surface area contributed by atoms with Crippen LogP contribution in [-0.4, -0.2) is 11.1 Å². The van der Waals surface area contributed by atoms with E-state index in [4.69, 9.17) is 0 Å². The molecule has 0 spiro atoms. The molecule has 0 aliphatic heterocycles. The van der Waals surface area contributed by atoms with Crippen molar-refractivity contribution in [1.29, 1.82) is 0 Å². The van der Waals surface area contributed by atoms with Gasteiger partial charge in [-0.25, -0.2) is 0 Å². The fraction of sp³-hybridized carbons (Fsp3) is 0.611. The van der Waals surface area contributed by atoms with Crippen LogP contribution in [0.2, 0.25) is 0 Å². The lowest BCUT2D eigenvalue weighted by molar-refractivity contribution is -0.144. The van der Waals surface area contributed by atoms with Gasteiger partial charge in [-0.2, -0.15) is 0 Å². The second kappa shape index (κ2) is 5.99. The zero-order valence-corrected chi connectivity index (χ0v) is 13.0. The molecule has 3 unspecified atom stereocenters. The van der Waals surface area contributed by atoms with E-state index in [1.807, 2.05) is 0 Å². The molecule has 1 saturated carbocycles. The lowest BCUT2D eigenvalue weighted by Gasteiger charge is -2.36. The van der Waals surface area contributed by atoms with E-state index in [1.54, 1.807) is 0 Å². The first-order valence-corrected chi connectivity index (χ1v) is 7.70. The smallest absolute Gasteiger partial charge is 0.307 e. The average molecular weight is 274 g/mol. The number of carboxylic acids is 1. The Kier molecular flexibility index (Phi) is 4.52. The van der Waals surface area contributed by atoms with Crippen LogP contribution >= 0.6 is 0 Å². The Labute approximate surface area is 122 Å². The molecule has 2 heteroatoms. The molecule has 0 bridgehead atoms. The van der Waals surface area contributed by atoms with Gasteiger partial charge < -0.3 is 5.11 Å². The Hall–Kier alpha value is -1.31. The van der Waals surface area contributed by atoms with Gasteiger partial charge in [0.05, 0.1) is 5.92 Å². The monoisotopic (exact) mass is 274 g/mol. The summed E-state index contributed by atoms with van der Waals surface area (Å²) in [5.41, 5.74) is 3.75. The van der Waals surface area contributed by atoms with Crippen LogP contribution in [0.1, 0.15) is 55.7 Å². The predicted molar refractivity (Wildman–Crippen MR) is 82.0 cm³/mol. The van der Waals surface area contributed by atoms with E-state index in [0.29, 0.717) is 11.8 Å². The van der Waals surface area contributed by atoms with Crippen LogP contribution in [0.15, 0.2) is 18.2 Å². The van der Waals surface area contributed by atoms with Gasteiger partial charge in [-0.1, -0.05) is 32.0 Å². The molecule has 0 saturated heterocycles. The molecule has 1 aromatic carbocycles. The average Bonchev–Trinajstić information content (AvgIpc) is 2.41. The Morgan fingerprint density at radius 2 is 1.90 bits per heavy atom. The van der Waals surface area contributed by atoms with Crippen molar-refractivity contribution in [3.05, 3.63) is 34.9 Å². The summed E-state index contributed by atoms with van der Waals surface area (Å²) in [4.78, 5) is 11.6. The third kappa shape index (κ3) is 3.05. The molecule has 3 atom stereocenters. The van der Waals surface area contributed by atoms with Crippen molar-refractivity contribution in [2.24, 2.45) is 17.8 Å². The van der Waals surface area contributed by atoms with Crippen molar-refractivity contribution in [1.82, 2.24) is 0 Å². The van der Waals surface area contributed by atoms with Crippen LogP contribution < -0.4 is 0 Å². The van der Waals surface area contributed by atoms with Crippen LogP contribution in [0, 0.1) is 31.6 Å². The van der Waals surface area contributed by atoms with Crippen LogP contribution in [0.25, 0.3) is 0 Å². The molecule has 2 nitrogen and oxygen atoms in total. The molecule has 1 aliphatic rings. The molecule has 2 rings (SSSR count). The van der Waals surface area contributed by atoms with Gasteiger partial charge in [-0.05, 0) is 67.6 Å². The van der Waals surface area contributed by atoms with Gasteiger partial charge >= 0.3 is 5.97 Å². The van der Waals surface area contributed by atoms with Crippen molar-refractivity contribution in [2.45, 2.75) is 52.9 Å². The van der Waals surface area contributed by atoms with Gasteiger partial charge in [0.25, 0.3) is 0 Å². The number of hydrogen-bond acceptors (Lipinski definition) is 1. The first kappa shape index (κ1) is 15.1. The van der Waals surface area contributed by atoms with E-state index in [0.717, 1.165) is 19.3 Å². The second-order valence-corrected chi connectivity index (χ2v) is 6.71. The number of aliphatic carboxylic acids is 1. The van der Waals surface area contributed by atoms with Crippen LogP contribution in [0.4, 0.5) is 0 Å². The Balaban J connectivity index is 2.31. The summed E-state index contributed by atoms with van der Waals surface area (Å²) in [6.07, 6.45) is 2.88. The summed E-state index contributed by atoms with van der Waals surface area (Å²) >= 11 is 0. The minimum absolute atomic E-state index is 0.174. The maximum atomic E-state index is 11.6. The molecule has 1 aromatic rings. The third-order valence-corrected chi connectivity index (χ3v) is 5.11. The highest BCUT2D eigenvalue weighted by Gasteiger charge is 2.36. The van der Waals surface area contributed by atoms with Crippen LogP contribution in [0.3, 0.4) is 0 Å². The highest BCUT2D eigenvalue weighted by Crippen LogP contribution is 2.43. The fourth-order valence-corrected chi connectivity index (χ4v) is 3.47. The number of rotatable bonds is 3. The zero-order valence-electron chi connectivity index (χ0n) is 13.0. The van der Waals surface area contributed by atoms with Crippen LogP contribution in [-0.2, 0) is 4.79 Å². The van der Waals surface area contributed by atoms with Crippen molar-refractivity contribution in [3.8, 4) is 0 Å². The summed E-state index contributed by atoms with van der Waals surface area (Å²) < 4.78 is 0. The van der Waals surface area contributed by atoms with Gasteiger partial charge in [0.15, 0.2) is 0 Å². The van der Waals surface area contributed by atoms with E-state index in [1.165, 1.54) is 16.7 Å². The summed E-state index contributed by atoms with van der Waals surface area (Å²) in [6, 6.07) is 6.45. The molecule has 1 aliphatic carbocycles. The van der Waals surface area contributed by atoms with Crippen molar-refractivity contribution in [2.75, 3.05) is 0 Å². The first-order valence-electron chi connectivity index (χ1n) is 7.70. The molecule has 20 heavy (non-hydrogen) atoms. The Bertz CT molecular complexity index is 490. The molecular weight excluding hydrogens is 248 g/mol. The van der Waals surface area contributed by atoms with Gasteiger partial charge in [-0.15, -0.1) is 0 Å². The van der Waals surface area contributed by atoms with E-state index in [2.05, 4.69) is 45.9 Å². The highest BCUT2D eigenvalue weighted by molar-refractivity contribution is 5.71.